The first kappa shape index (κ1) is 12.3. The summed E-state index contributed by atoms with van der Waals surface area (Å²) in [6, 6.07) is 0.527. The topological polar surface area (TPSA) is 38.0 Å². The molecule has 0 saturated heterocycles. The van der Waals surface area contributed by atoms with Crippen LogP contribution in [-0.4, -0.2) is 18.1 Å². The maximum absolute atomic E-state index is 5.61. The van der Waals surface area contributed by atoms with Gasteiger partial charge in [-0.15, -0.1) is 0 Å². The molecule has 0 radical (unpaired) electrons. The first-order chi connectivity index (χ1) is 6.81. The van der Waals surface area contributed by atoms with Crippen molar-refractivity contribution in [1.82, 2.24) is 5.43 Å². The highest BCUT2D eigenvalue weighted by Crippen LogP contribution is 2.33. The molecular weight excluding hydrogens is 192 g/mol. The molecule has 1 saturated carbocycles. The van der Waals surface area contributed by atoms with Crippen LogP contribution < -0.4 is 11.3 Å². The van der Waals surface area contributed by atoms with Gasteiger partial charge >= 0.3 is 0 Å². The molecule has 0 heterocycles. The van der Waals surface area contributed by atoms with Gasteiger partial charge in [-0.25, -0.2) is 0 Å². The van der Waals surface area contributed by atoms with Crippen LogP contribution in [0.2, 0.25) is 0 Å². The van der Waals surface area contributed by atoms with Gasteiger partial charge in [-0.2, -0.15) is 11.8 Å². The molecule has 0 bridgehead atoms. The molecule has 84 valence electrons. The first-order valence-corrected chi connectivity index (χ1v) is 7.16. The minimum absolute atomic E-state index is 0.527. The van der Waals surface area contributed by atoms with E-state index in [0.717, 1.165) is 17.6 Å². The monoisotopic (exact) mass is 216 g/mol. The Hall–Kier alpha value is 0.270. The highest BCUT2D eigenvalue weighted by molar-refractivity contribution is 7.98. The number of hydrazine groups is 1. The van der Waals surface area contributed by atoms with E-state index >= 15 is 0 Å². The second-order valence-corrected chi connectivity index (χ2v) is 5.34. The zero-order valence-electron chi connectivity index (χ0n) is 9.46. The van der Waals surface area contributed by atoms with Crippen molar-refractivity contribution in [2.24, 2.45) is 17.7 Å². The van der Waals surface area contributed by atoms with Crippen LogP contribution in [0, 0.1) is 11.8 Å². The number of hydrogen-bond donors (Lipinski definition) is 2. The predicted molar refractivity (Wildman–Crippen MR) is 65.2 cm³/mol. The summed E-state index contributed by atoms with van der Waals surface area (Å²) < 4.78 is 0. The summed E-state index contributed by atoms with van der Waals surface area (Å²) >= 11 is 1.89. The largest absolute Gasteiger partial charge is 0.271 e. The SMILES string of the molecule is CCC1CCCC(C(CSC)NN)C1. The average molecular weight is 216 g/mol. The Morgan fingerprint density at radius 3 is 2.86 bits per heavy atom. The quantitative estimate of drug-likeness (QED) is 0.547. The average Bonchev–Trinajstić information content (AvgIpc) is 2.26. The van der Waals surface area contributed by atoms with Crippen LogP contribution in [0.1, 0.15) is 39.0 Å². The van der Waals surface area contributed by atoms with E-state index in [1.54, 1.807) is 0 Å². The van der Waals surface area contributed by atoms with Gasteiger partial charge in [0.15, 0.2) is 0 Å². The lowest BCUT2D eigenvalue weighted by atomic mass is 9.77. The summed E-state index contributed by atoms with van der Waals surface area (Å²) in [5.74, 6) is 8.53. The van der Waals surface area contributed by atoms with Gasteiger partial charge in [-0.1, -0.05) is 26.2 Å². The predicted octanol–water partition coefficient (Wildman–Crippen LogP) is 2.40. The number of thioether (sulfide) groups is 1. The first-order valence-electron chi connectivity index (χ1n) is 5.76. The van der Waals surface area contributed by atoms with Crippen LogP contribution in [0.4, 0.5) is 0 Å². The standard InChI is InChI=1S/C11H24N2S/c1-3-9-5-4-6-10(7-9)11(13-12)8-14-2/h9-11,13H,3-8,12H2,1-2H3. The van der Waals surface area contributed by atoms with Crippen LogP contribution >= 0.6 is 11.8 Å². The van der Waals surface area contributed by atoms with E-state index in [9.17, 15) is 0 Å². The van der Waals surface area contributed by atoms with Gasteiger partial charge in [0.2, 0.25) is 0 Å². The van der Waals surface area contributed by atoms with Crippen molar-refractivity contribution in [1.29, 1.82) is 0 Å². The fraction of sp³-hybridized carbons (Fsp3) is 1.00. The molecule has 1 rings (SSSR count). The smallest absolute Gasteiger partial charge is 0.0329 e. The zero-order chi connectivity index (χ0) is 10.4. The van der Waals surface area contributed by atoms with Crippen molar-refractivity contribution >= 4 is 11.8 Å². The minimum Gasteiger partial charge on any atom is -0.271 e. The van der Waals surface area contributed by atoms with Gasteiger partial charge in [0.1, 0.15) is 0 Å². The normalized spacial score (nSPS) is 30.2. The number of nitrogens with one attached hydrogen (secondary N) is 1. The third-order valence-corrected chi connectivity index (χ3v) is 4.22. The molecule has 0 aromatic rings. The Labute approximate surface area is 92.4 Å². The number of nitrogens with two attached hydrogens (primary N) is 1. The van der Waals surface area contributed by atoms with E-state index in [2.05, 4.69) is 18.6 Å². The van der Waals surface area contributed by atoms with Crippen molar-refractivity contribution < 1.29 is 0 Å². The van der Waals surface area contributed by atoms with Gasteiger partial charge in [0, 0.05) is 11.8 Å². The van der Waals surface area contributed by atoms with Gasteiger partial charge < -0.3 is 0 Å². The maximum Gasteiger partial charge on any atom is 0.0329 e. The lowest BCUT2D eigenvalue weighted by molar-refractivity contribution is 0.219. The van der Waals surface area contributed by atoms with Crippen molar-refractivity contribution in [3.63, 3.8) is 0 Å². The molecule has 14 heavy (non-hydrogen) atoms. The molecule has 0 aromatic heterocycles. The summed E-state index contributed by atoms with van der Waals surface area (Å²) in [6.45, 7) is 2.31. The van der Waals surface area contributed by atoms with Crippen molar-refractivity contribution in [3.8, 4) is 0 Å². The summed E-state index contributed by atoms with van der Waals surface area (Å²) in [7, 11) is 0. The van der Waals surface area contributed by atoms with E-state index in [1.165, 1.54) is 32.1 Å². The lowest BCUT2D eigenvalue weighted by Crippen LogP contribution is -2.44. The molecule has 0 aromatic carbocycles. The van der Waals surface area contributed by atoms with Crippen molar-refractivity contribution in [2.75, 3.05) is 12.0 Å². The minimum atomic E-state index is 0.527. The second kappa shape index (κ2) is 6.70. The summed E-state index contributed by atoms with van der Waals surface area (Å²) in [5, 5.41) is 0. The van der Waals surface area contributed by atoms with E-state index in [-0.39, 0.29) is 0 Å². The number of rotatable bonds is 5. The fourth-order valence-electron chi connectivity index (χ4n) is 2.57. The van der Waals surface area contributed by atoms with Crippen molar-refractivity contribution in [2.45, 2.75) is 45.1 Å². The van der Waals surface area contributed by atoms with Crippen LogP contribution in [0.5, 0.6) is 0 Å². The Kier molecular flexibility index (Phi) is 5.90. The third-order valence-electron chi connectivity index (χ3n) is 3.53. The summed E-state index contributed by atoms with van der Waals surface area (Å²) in [4.78, 5) is 0. The fourth-order valence-corrected chi connectivity index (χ4v) is 3.30. The summed E-state index contributed by atoms with van der Waals surface area (Å²) in [6.07, 6.45) is 9.08. The molecule has 0 spiro atoms. The highest BCUT2D eigenvalue weighted by atomic mass is 32.2. The summed E-state index contributed by atoms with van der Waals surface area (Å²) in [5.41, 5.74) is 3.00. The highest BCUT2D eigenvalue weighted by Gasteiger charge is 2.26. The van der Waals surface area contributed by atoms with Gasteiger partial charge in [-0.05, 0) is 30.9 Å². The van der Waals surface area contributed by atoms with E-state index in [1.807, 2.05) is 11.8 Å². The van der Waals surface area contributed by atoms with Gasteiger partial charge in [0.05, 0.1) is 0 Å². The maximum atomic E-state index is 5.61. The zero-order valence-corrected chi connectivity index (χ0v) is 10.3. The lowest BCUT2D eigenvalue weighted by Gasteiger charge is -2.33. The van der Waals surface area contributed by atoms with E-state index in [4.69, 9.17) is 5.84 Å². The molecule has 3 N–H and O–H groups in total. The van der Waals surface area contributed by atoms with Crippen LogP contribution in [0.25, 0.3) is 0 Å². The second-order valence-electron chi connectivity index (χ2n) is 4.43. The van der Waals surface area contributed by atoms with E-state index in [0.29, 0.717) is 6.04 Å². The Morgan fingerprint density at radius 1 is 1.50 bits per heavy atom. The molecule has 1 fully saturated rings. The van der Waals surface area contributed by atoms with Crippen LogP contribution in [-0.2, 0) is 0 Å². The van der Waals surface area contributed by atoms with E-state index < -0.39 is 0 Å². The van der Waals surface area contributed by atoms with Gasteiger partial charge in [-0.3, -0.25) is 11.3 Å². The molecule has 3 atom stereocenters. The third kappa shape index (κ3) is 3.44. The molecule has 2 nitrogen and oxygen atoms in total. The van der Waals surface area contributed by atoms with Crippen molar-refractivity contribution in [3.05, 3.63) is 0 Å². The Balaban J connectivity index is 2.40. The molecule has 0 amide bonds. The molecule has 3 unspecified atom stereocenters. The molecular formula is C11H24N2S. The number of hydrogen-bond acceptors (Lipinski definition) is 3. The molecule has 1 aliphatic rings. The van der Waals surface area contributed by atoms with Crippen LogP contribution in [0.3, 0.4) is 0 Å². The van der Waals surface area contributed by atoms with Crippen LogP contribution in [0.15, 0.2) is 0 Å². The Morgan fingerprint density at radius 2 is 2.29 bits per heavy atom. The molecule has 3 heteroatoms. The molecule has 0 aliphatic heterocycles. The Bertz CT molecular complexity index is 152. The molecule has 1 aliphatic carbocycles. The van der Waals surface area contributed by atoms with Gasteiger partial charge in [0.25, 0.3) is 0 Å².